The Hall–Kier alpha value is -2.35. The van der Waals surface area contributed by atoms with Crippen LogP contribution in [-0.2, 0) is 9.53 Å². The molecule has 94 valence electrons. The largest absolute Gasteiger partial charge is 0.454 e. The fourth-order valence-electron chi connectivity index (χ4n) is 2.47. The number of carbonyl (C=O) groups is 1. The van der Waals surface area contributed by atoms with Crippen molar-refractivity contribution < 1.29 is 9.53 Å². The molecule has 19 heavy (non-hydrogen) atoms. The summed E-state index contributed by atoms with van der Waals surface area (Å²) in [5.74, 6) is -0.238. The summed E-state index contributed by atoms with van der Waals surface area (Å²) >= 11 is 0. The van der Waals surface area contributed by atoms with Crippen LogP contribution in [0.1, 0.15) is 18.1 Å². The third-order valence-corrected chi connectivity index (χ3v) is 3.31. The van der Waals surface area contributed by atoms with Crippen LogP contribution >= 0.6 is 0 Å². The molecule has 0 amide bonds. The normalized spacial score (nSPS) is 18.6. The van der Waals surface area contributed by atoms with Crippen molar-refractivity contribution in [1.82, 2.24) is 0 Å². The minimum atomic E-state index is -0.238. The molecule has 1 aliphatic heterocycles. The Morgan fingerprint density at radius 1 is 0.842 bits per heavy atom. The monoisotopic (exact) mass is 250 g/mol. The first-order valence-electron chi connectivity index (χ1n) is 6.33. The number of hydrogen-bond donors (Lipinski definition) is 0. The van der Waals surface area contributed by atoms with Crippen LogP contribution in [0.4, 0.5) is 0 Å². The van der Waals surface area contributed by atoms with Crippen molar-refractivity contribution in [3.63, 3.8) is 0 Å². The lowest BCUT2D eigenvalue weighted by molar-refractivity contribution is -0.136. The number of carbonyl (C=O) groups excluding carboxylic acids is 1. The van der Waals surface area contributed by atoms with E-state index in [0.29, 0.717) is 5.57 Å². The number of benzene rings is 2. The second-order valence-electron chi connectivity index (χ2n) is 4.57. The molecule has 0 aromatic heterocycles. The number of hydrogen-bond acceptors (Lipinski definition) is 2. The molecule has 0 unspecified atom stereocenters. The molecule has 0 fully saturated rings. The van der Waals surface area contributed by atoms with Gasteiger partial charge in [-0.25, -0.2) is 4.79 Å². The first kappa shape index (κ1) is 11.7. The summed E-state index contributed by atoms with van der Waals surface area (Å²) < 4.78 is 5.38. The van der Waals surface area contributed by atoms with Crippen LogP contribution in [0.3, 0.4) is 0 Å². The predicted octanol–water partition coefficient (Wildman–Crippen LogP) is 3.54. The summed E-state index contributed by atoms with van der Waals surface area (Å²) in [6, 6.07) is 19.6. The van der Waals surface area contributed by atoms with Gasteiger partial charge < -0.3 is 4.74 Å². The highest BCUT2D eigenvalue weighted by molar-refractivity contribution is 6.27. The summed E-state index contributed by atoms with van der Waals surface area (Å²) in [6.45, 7) is 1.91. The molecule has 0 bridgehead atoms. The quantitative estimate of drug-likeness (QED) is 0.762. The summed E-state index contributed by atoms with van der Waals surface area (Å²) in [6.07, 6.45) is -0.204. The Labute approximate surface area is 112 Å². The molecule has 3 rings (SSSR count). The molecule has 2 nitrogen and oxygen atoms in total. The lowest BCUT2D eigenvalue weighted by atomic mass is 9.94. The first-order valence-corrected chi connectivity index (χ1v) is 6.33. The second kappa shape index (κ2) is 4.73. The zero-order valence-corrected chi connectivity index (χ0v) is 10.7. The molecule has 0 spiro atoms. The van der Waals surface area contributed by atoms with Gasteiger partial charge in [0.1, 0.15) is 6.10 Å². The fraction of sp³-hybridized carbons (Fsp3) is 0.118. The molecular weight excluding hydrogens is 236 g/mol. The van der Waals surface area contributed by atoms with Crippen molar-refractivity contribution in [3.8, 4) is 0 Å². The number of rotatable bonds is 2. The van der Waals surface area contributed by atoms with E-state index in [4.69, 9.17) is 4.74 Å². The lowest BCUT2D eigenvalue weighted by Crippen LogP contribution is -2.05. The fourth-order valence-corrected chi connectivity index (χ4v) is 2.47. The minimum Gasteiger partial charge on any atom is -0.454 e. The van der Waals surface area contributed by atoms with E-state index in [1.807, 2.05) is 67.6 Å². The Bertz CT molecular complexity index is 627. The van der Waals surface area contributed by atoms with Gasteiger partial charge in [-0.1, -0.05) is 60.7 Å². The van der Waals surface area contributed by atoms with E-state index >= 15 is 0 Å². The third kappa shape index (κ3) is 2.06. The lowest BCUT2D eigenvalue weighted by Gasteiger charge is -2.09. The average Bonchev–Trinajstić information content (AvgIpc) is 2.75. The van der Waals surface area contributed by atoms with Gasteiger partial charge in [0.05, 0.1) is 5.57 Å². The van der Waals surface area contributed by atoms with Gasteiger partial charge in [-0.05, 0) is 18.1 Å². The molecule has 0 radical (unpaired) electrons. The van der Waals surface area contributed by atoms with Gasteiger partial charge in [-0.2, -0.15) is 0 Å². The summed E-state index contributed by atoms with van der Waals surface area (Å²) in [4.78, 5) is 12.1. The van der Waals surface area contributed by atoms with Crippen LogP contribution in [0.25, 0.3) is 11.1 Å². The number of ether oxygens (including phenoxy) is 1. The highest BCUT2D eigenvalue weighted by atomic mass is 16.5. The number of cyclic esters (lactones) is 1. The molecule has 0 aliphatic carbocycles. The first-order chi connectivity index (χ1) is 9.27. The molecule has 2 heteroatoms. The van der Waals surface area contributed by atoms with Crippen molar-refractivity contribution in [2.24, 2.45) is 0 Å². The van der Waals surface area contributed by atoms with Crippen molar-refractivity contribution >= 4 is 17.1 Å². The van der Waals surface area contributed by atoms with Crippen molar-refractivity contribution in [3.05, 3.63) is 71.8 Å². The van der Waals surface area contributed by atoms with Crippen molar-refractivity contribution in [1.29, 1.82) is 0 Å². The van der Waals surface area contributed by atoms with E-state index in [1.54, 1.807) is 0 Å². The van der Waals surface area contributed by atoms with Crippen LogP contribution in [0, 0.1) is 0 Å². The van der Waals surface area contributed by atoms with Crippen LogP contribution < -0.4 is 0 Å². The zero-order chi connectivity index (χ0) is 13.2. The summed E-state index contributed by atoms with van der Waals surface area (Å²) in [5, 5.41) is 0. The Morgan fingerprint density at radius 2 is 1.37 bits per heavy atom. The Kier molecular flexibility index (Phi) is 2.92. The van der Waals surface area contributed by atoms with Gasteiger partial charge >= 0.3 is 5.97 Å². The van der Waals surface area contributed by atoms with E-state index in [2.05, 4.69) is 0 Å². The van der Waals surface area contributed by atoms with Gasteiger partial charge in [0.15, 0.2) is 0 Å². The molecule has 2 aromatic rings. The van der Waals surface area contributed by atoms with Gasteiger partial charge in [-0.15, -0.1) is 0 Å². The van der Waals surface area contributed by atoms with Gasteiger partial charge in [0.2, 0.25) is 0 Å². The topological polar surface area (TPSA) is 26.3 Å². The number of esters is 1. The molecular formula is C17H14O2. The van der Waals surface area contributed by atoms with Gasteiger partial charge in [0, 0.05) is 5.57 Å². The molecule has 1 atom stereocenters. The van der Waals surface area contributed by atoms with Crippen molar-refractivity contribution in [2.45, 2.75) is 13.0 Å². The van der Waals surface area contributed by atoms with E-state index in [1.165, 1.54) is 0 Å². The SMILES string of the molecule is C[C@H]1OC(=O)C(c2ccccc2)=C1c1ccccc1. The maximum atomic E-state index is 12.1. The average molecular weight is 250 g/mol. The van der Waals surface area contributed by atoms with Crippen LogP contribution in [0.5, 0.6) is 0 Å². The van der Waals surface area contributed by atoms with E-state index in [-0.39, 0.29) is 12.1 Å². The van der Waals surface area contributed by atoms with Crippen LogP contribution in [0.2, 0.25) is 0 Å². The van der Waals surface area contributed by atoms with Crippen LogP contribution in [-0.4, -0.2) is 12.1 Å². The molecule has 0 N–H and O–H groups in total. The molecule has 0 saturated carbocycles. The standard InChI is InChI=1S/C17H14O2/c1-12-15(13-8-4-2-5-9-13)16(17(18)19-12)14-10-6-3-7-11-14/h2-12H,1H3/t12-/m1/s1. The molecule has 1 heterocycles. The highest BCUT2D eigenvalue weighted by Crippen LogP contribution is 2.36. The zero-order valence-electron chi connectivity index (χ0n) is 10.7. The van der Waals surface area contributed by atoms with Gasteiger partial charge in [-0.3, -0.25) is 0 Å². The third-order valence-electron chi connectivity index (χ3n) is 3.31. The highest BCUT2D eigenvalue weighted by Gasteiger charge is 2.32. The van der Waals surface area contributed by atoms with E-state index < -0.39 is 0 Å². The maximum absolute atomic E-state index is 12.1. The second-order valence-corrected chi connectivity index (χ2v) is 4.57. The predicted molar refractivity (Wildman–Crippen MR) is 75.3 cm³/mol. The van der Waals surface area contributed by atoms with Gasteiger partial charge in [0.25, 0.3) is 0 Å². The Balaban J connectivity index is 2.21. The molecule has 2 aromatic carbocycles. The maximum Gasteiger partial charge on any atom is 0.339 e. The van der Waals surface area contributed by atoms with Crippen LogP contribution in [0.15, 0.2) is 60.7 Å². The minimum absolute atomic E-state index is 0.204. The molecule has 0 saturated heterocycles. The molecule has 1 aliphatic rings. The summed E-state index contributed by atoms with van der Waals surface area (Å²) in [7, 11) is 0. The Morgan fingerprint density at radius 3 is 1.95 bits per heavy atom. The van der Waals surface area contributed by atoms with E-state index in [9.17, 15) is 4.79 Å². The smallest absolute Gasteiger partial charge is 0.339 e. The van der Waals surface area contributed by atoms with E-state index in [0.717, 1.165) is 16.7 Å². The van der Waals surface area contributed by atoms with Crippen molar-refractivity contribution in [2.75, 3.05) is 0 Å². The summed E-state index contributed by atoms with van der Waals surface area (Å²) in [5.41, 5.74) is 3.60.